The zero-order valence-electron chi connectivity index (χ0n) is 9.92. The maximum Gasteiger partial charge on any atom is 0.265 e. The molecule has 0 aliphatic carbocycles. The van der Waals surface area contributed by atoms with Crippen molar-refractivity contribution in [1.82, 2.24) is 4.98 Å². The van der Waals surface area contributed by atoms with Crippen LogP contribution in [0.15, 0.2) is 6.20 Å². The Morgan fingerprint density at radius 2 is 2.33 bits per heavy atom. The number of halogens is 3. The summed E-state index contributed by atoms with van der Waals surface area (Å²) in [6.07, 6.45) is 1.84. The second-order valence-corrected chi connectivity index (χ2v) is 5.28. The molecule has 6 heteroatoms. The summed E-state index contributed by atoms with van der Waals surface area (Å²) >= 11 is 5.97. The fourth-order valence-corrected chi connectivity index (χ4v) is 2.65. The van der Waals surface area contributed by atoms with E-state index in [2.05, 4.69) is 4.98 Å². The van der Waals surface area contributed by atoms with Crippen LogP contribution >= 0.6 is 11.6 Å². The summed E-state index contributed by atoms with van der Waals surface area (Å²) in [5, 5.41) is 0.496. The predicted molar refractivity (Wildman–Crippen MR) is 64.8 cm³/mol. The Kier molecular flexibility index (Phi) is 2.62. The lowest BCUT2D eigenvalue weighted by Gasteiger charge is -2.43. The van der Waals surface area contributed by atoms with Gasteiger partial charge in [-0.05, 0) is 13.3 Å². The quantitative estimate of drug-likeness (QED) is 0.727. The van der Waals surface area contributed by atoms with Gasteiger partial charge in [0.25, 0.3) is 5.92 Å². The van der Waals surface area contributed by atoms with Crippen LogP contribution in [0.25, 0.3) is 0 Å². The predicted octanol–water partition coefficient (Wildman–Crippen LogP) is 3.04. The van der Waals surface area contributed by atoms with Crippen LogP contribution in [-0.4, -0.2) is 30.1 Å². The molecule has 0 radical (unpaired) electrons. The van der Waals surface area contributed by atoms with Crippen LogP contribution in [0.5, 0.6) is 5.75 Å². The lowest BCUT2D eigenvalue weighted by atomic mass is 9.98. The molecule has 3 rings (SSSR count). The number of hydrogen-bond donors (Lipinski definition) is 0. The van der Waals surface area contributed by atoms with Crippen molar-refractivity contribution in [2.75, 3.05) is 18.1 Å². The first-order chi connectivity index (χ1) is 8.48. The van der Waals surface area contributed by atoms with E-state index in [0.29, 0.717) is 29.6 Å². The fourth-order valence-electron chi connectivity index (χ4n) is 2.52. The number of piperidine rings is 1. The highest BCUT2D eigenvalue weighted by Crippen LogP contribution is 2.42. The summed E-state index contributed by atoms with van der Waals surface area (Å²) in [5.74, 6) is -1.62. The van der Waals surface area contributed by atoms with Gasteiger partial charge in [-0.2, -0.15) is 0 Å². The molecule has 0 saturated carbocycles. The van der Waals surface area contributed by atoms with E-state index in [1.807, 2.05) is 6.92 Å². The zero-order chi connectivity index (χ0) is 12.9. The van der Waals surface area contributed by atoms with Crippen molar-refractivity contribution in [1.29, 1.82) is 0 Å². The summed E-state index contributed by atoms with van der Waals surface area (Å²) < 4.78 is 32.7. The van der Waals surface area contributed by atoms with Gasteiger partial charge in [0.15, 0.2) is 11.6 Å². The minimum Gasteiger partial charge on any atom is -0.487 e. The van der Waals surface area contributed by atoms with Gasteiger partial charge in [0, 0.05) is 18.2 Å². The van der Waals surface area contributed by atoms with Gasteiger partial charge in [-0.1, -0.05) is 11.6 Å². The molecule has 1 atom stereocenters. The van der Waals surface area contributed by atoms with Crippen molar-refractivity contribution < 1.29 is 13.5 Å². The van der Waals surface area contributed by atoms with Crippen molar-refractivity contribution in [2.45, 2.75) is 31.7 Å². The molecule has 0 bridgehead atoms. The minimum absolute atomic E-state index is 0.00907. The molecule has 1 unspecified atom stereocenters. The largest absolute Gasteiger partial charge is 0.487 e. The van der Waals surface area contributed by atoms with Gasteiger partial charge in [-0.3, -0.25) is 0 Å². The van der Waals surface area contributed by atoms with Crippen molar-refractivity contribution in [2.24, 2.45) is 0 Å². The van der Waals surface area contributed by atoms with E-state index in [1.54, 1.807) is 4.90 Å². The molecule has 1 aromatic rings. The topological polar surface area (TPSA) is 25.4 Å². The standard InChI is InChI=1S/C12H13ClF2N2O/c1-7-9(13)4-16-11-10(7)18-5-8-2-3-12(14,15)6-17(8)11/h4,8H,2-3,5-6H2,1H3. The second-order valence-electron chi connectivity index (χ2n) is 4.87. The SMILES string of the molecule is Cc1c(Cl)cnc2c1OCC1CCC(F)(F)CN21. The number of rotatable bonds is 0. The highest BCUT2D eigenvalue weighted by Gasteiger charge is 2.43. The van der Waals surface area contributed by atoms with E-state index in [0.717, 1.165) is 5.56 Å². The van der Waals surface area contributed by atoms with E-state index < -0.39 is 5.92 Å². The van der Waals surface area contributed by atoms with Crippen molar-refractivity contribution >= 4 is 17.4 Å². The van der Waals surface area contributed by atoms with Crippen LogP contribution in [0.1, 0.15) is 18.4 Å². The minimum atomic E-state index is -2.65. The monoisotopic (exact) mass is 274 g/mol. The van der Waals surface area contributed by atoms with Crippen molar-refractivity contribution in [3.63, 3.8) is 0 Å². The van der Waals surface area contributed by atoms with Gasteiger partial charge in [-0.25, -0.2) is 13.8 Å². The van der Waals surface area contributed by atoms with Crippen LogP contribution in [0.3, 0.4) is 0 Å². The van der Waals surface area contributed by atoms with Gasteiger partial charge < -0.3 is 9.64 Å². The maximum absolute atomic E-state index is 13.5. The van der Waals surface area contributed by atoms with E-state index in [1.165, 1.54) is 6.20 Å². The van der Waals surface area contributed by atoms with Gasteiger partial charge in [0.2, 0.25) is 0 Å². The maximum atomic E-state index is 13.5. The summed E-state index contributed by atoms with van der Waals surface area (Å²) in [7, 11) is 0. The molecule has 18 heavy (non-hydrogen) atoms. The summed E-state index contributed by atoms with van der Waals surface area (Å²) in [5.41, 5.74) is 0.758. The van der Waals surface area contributed by atoms with Crippen LogP contribution in [-0.2, 0) is 0 Å². The molecule has 0 spiro atoms. The van der Waals surface area contributed by atoms with Crippen LogP contribution in [0.4, 0.5) is 14.6 Å². The summed E-state index contributed by atoms with van der Waals surface area (Å²) in [6, 6.07) is -0.00907. The Morgan fingerprint density at radius 3 is 3.11 bits per heavy atom. The smallest absolute Gasteiger partial charge is 0.265 e. The van der Waals surface area contributed by atoms with Gasteiger partial charge in [0.1, 0.15) is 6.61 Å². The first kappa shape index (κ1) is 12.0. The summed E-state index contributed by atoms with van der Waals surface area (Å²) in [6.45, 7) is 1.94. The molecule has 3 heterocycles. The van der Waals surface area contributed by atoms with E-state index >= 15 is 0 Å². The third-order valence-corrected chi connectivity index (χ3v) is 3.96. The first-order valence-corrected chi connectivity index (χ1v) is 6.28. The molecule has 98 valence electrons. The zero-order valence-corrected chi connectivity index (χ0v) is 10.7. The Hall–Kier alpha value is -1.10. The molecule has 3 nitrogen and oxygen atoms in total. The third-order valence-electron chi connectivity index (χ3n) is 3.58. The molecule has 2 aliphatic heterocycles. The summed E-state index contributed by atoms with van der Waals surface area (Å²) in [4.78, 5) is 5.82. The normalized spacial score (nSPS) is 25.1. The lowest BCUT2D eigenvalue weighted by molar-refractivity contribution is -0.0241. The second kappa shape index (κ2) is 3.95. The Labute approximate surface area is 109 Å². The molecule has 2 aliphatic rings. The third kappa shape index (κ3) is 1.81. The molecular weight excluding hydrogens is 262 g/mol. The lowest BCUT2D eigenvalue weighted by Crippen LogP contribution is -2.53. The highest BCUT2D eigenvalue weighted by atomic mass is 35.5. The molecule has 0 N–H and O–H groups in total. The van der Waals surface area contributed by atoms with Gasteiger partial charge >= 0.3 is 0 Å². The first-order valence-electron chi connectivity index (χ1n) is 5.90. The molecule has 1 saturated heterocycles. The Bertz CT molecular complexity index is 495. The Balaban J connectivity index is 2.03. The fraction of sp³-hybridized carbons (Fsp3) is 0.583. The van der Waals surface area contributed by atoms with Crippen LogP contribution < -0.4 is 9.64 Å². The number of aromatic nitrogens is 1. The van der Waals surface area contributed by atoms with Crippen LogP contribution in [0.2, 0.25) is 5.02 Å². The van der Waals surface area contributed by atoms with Gasteiger partial charge in [0.05, 0.1) is 17.6 Å². The molecular formula is C12H13ClF2N2O. The van der Waals surface area contributed by atoms with Crippen LogP contribution in [0, 0.1) is 6.92 Å². The van der Waals surface area contributed by atoms with E-state index in [4.69, 9.17) is 16.3 Å². The Morgan fingerprint density at radius 1 is 1.56 bits per heavy atom. The molecule has 1 fully saturated rings. The number of ether oxygens (including phenoxy) is 1. The van der Waals surface area contributed by atoms with E-state index in [-0.39, 0.29) is 19.0 Å². The number of pyridine rings is 1. The number of hydrogen-bond acceptors (Lipinski definition) is 3. The molecule has 0 aromatic carbocycles. The van der Waals surface area contributed by atoms with Crippen molar-refractivity contribution in [3.8, 4) is 5.75 Å². The number of anilines is 1. The number of nitrogens with zero attached hydrogens (tertiary/aromatic N) is 2. The average molecular weight is 275 g/mol. The number of alkyl halides is 2. The molecule has 1 aromatic heterocycles. The van der Waals surface area contributed by atoms with Gasteiger partial charge in [-0.15, -0.1) is 0 Å². The molecule has 0 amide bonds. The highest BCUT2D eigenvalue weighted by molar-refractivity contribution is 6.31. The van der Waals surface area contributed by atoms with Crippen molar-refractivity contribution in [3.05, 3.63) is 16.8 Å². The number of fused-ring (bicyclic) bond motifs is 3. The average Bonchev–Trinajstić information content (AvgIpc) is 2.32. The van der Waals surface area contributed by atoms with E-state index in [9.17, 15) is 8.78 Å².